The number of amides is 1. The number of hydrogen-bond acceptors (Lipinski definition) is 3. The molecule has 0 saturated carbocycles. The third-order valence-electron chi connectivity index (χ3n) is 4.04. The van der Waals surface area contributed by atoms with Gasteiger partial charge in [0.25, 0.3) is 0 Å². The predicted molar refractivity (Wildman–Crippen MR) is 80.5 cm³/mol. The first-order chi connectivity index (χ1) is 10.2. The zero-order chi connectivity index (χ0) is 14.7. The van der Waals surface area contributed by atoms with Crippen molar-refractivity contribution in [2.45, 2.75) is 26.3 Å². The van der Waals surface area contributed by atoms with Crippen LogP contribution in [0.3, 0.4) is 0 Å². The summed E-state index contributed by atoms with van der Waals surface area (Å²) in [5.74, 6) is 0.227. The van der Waals surface area contributed by atoms with Crippen LogP contribution < -0.4 is 0 Å². The van der Waals surface area contributed by atoms with E-state index in [0.717, 1.165) is 24.9 Å². The summed E-state index contributed by atoms with van der Waals surface area (Å²) < 4.78 is 0. The second-order valence-corrected chi connectivity index (χ2v) is 5.61. The molecular formula is C17H19N3O. The van der Waals surface area contributed by atoms with Gasteiger partial charge in [0.05, 0.1) is 0 Å². The number of aromatic nitrogens is 2. The van der Waals surface area contributed by atoms with Crippen LogP contribution in [0.25, 0.3) is 0 Å². The zero-order valence-electron chi connectivity index (χ0n) is 12.2. The van der Waals surface area contributed by atoms with Crippen molar-refractivity contribution in [2.75, 3.05) is 6.54 Å². The van der Waals surface area contributed by atoms with Gasteiger partial charge in [-0.15, -0.1) is 0 Å². The van der Waals surface area contributed by atoms with Gasteiger partial charge in [-0.25, -0.2) is 0 Å². The highest BCUT2D eigenvalue weighted by Gasteiger charge is 2.24. The van der Waals surface area contributed by atoms with Crippen LogP contribution in [0.15, 0.2) is 43.0 Å². The Kier molecular flexibility index (Phi) is 3.95. The fourth-order valence-corrected chi connectivity index (χ4v) is 2.83. The summed E-state index contributed by atoms with van der Waals surface area (Å²) in [5, 5.41) is 0. The molecule has 0 N–H and O–H groups in total. The van der Waals surface area contributed by atoms with Crippen LogP contribution in [0, 0.1) is 5.92 Å². The third-order valence-corrected chi connectivity index (χ3v) is 4.04. The molecule has 0 fully saturated rings. The highest BCUT2D eigenvalue weighted by atomic mass is 16.2. The Labute approximate surface area is 124 Å². The van der Waals surface area contributed by atoms with Crippen molar-refractivity contribution >= 4 is 5.91 Å². The maximum Gasteiger partial charge on any atom is 0.226 e. The molecule has 108 valence electrons. The summed E-state index contributed by atoms with van der Waals surface area (Å²) in [6, 6.07) is 5.96. The molecule has 21 heavy (non-hydrogen) atoms. The molecule has 4 heteroatoms. The lowest BCUT2D eigenvalue weighted by atomic mass is 9.97. The molecule has 0 saturated heterocycles. The lowest BCUT2D eigenvalue weighted by Gasteiger charge is -2.30. The van der Waals surface area contributed by atoms with E-state index in [9.17, 15) is 4.79 Å². The minimum atomic E-state index is -0.00390. The van der Waals surface area contributed by atoms with E-state index >= 15 is 0 Å². The topological polar surface area (TPSA) is 46.1 Å². The van der Waals surface area contributed by atoms with E-state index < -0.39 is 0 Å². The largest absolute Gasteiger partial charge is 0.338 e. The second kappa shape index (κ2) is 6.04. The highest BCUT2D eigenvalue weighted by molar-refractivity contribution is 5.79. The Morgan fingerprint density at radius 2 is 1.95 bits per heavy atom. The molecule has 2 aromatic heterocycles. The maximum atomic E-state index is 12.6. The lowest BCUT2D eigenvalue weighted by molar-refractivity contribution is -0.135. The number of rotatable bonds is 3. The molecular weight excluding hydrogens is 262 g/mol. The molecule has 0 radical (unpaired) electrons. The van der Waals surface area contributed by atoms with Crippen LogP contribution in [0.2, 0.25) is 0 Å². The van der Waals surface area contributed by atoms with Crippen LogP contribution in [0.5, 0.6) is 0 Å². The summed E-state index contributed by atoms with van der Waals surface area (Å²) in [6.45, 7) is 3.50. The van der Waals surface area contributed by atoms with Gasteiger partial charge in [-0.3, -0.25) is 14.8 Å². The lowest BCUT2D eigenvalue weighted by Crippen LogP contribution is -2.39. The van der Waals surface area contributed by atoms with Gasteiger partial charge in [0.15, 0.2) is 0 Å². The number of carbonyl (C=O) groups excluding carboxylic acids is 1. The van der Waals surface area contributed by atoms with E-state index in [1.165, 1.54) is 11.1 Å². The molecule has 0 aromatic carbocycles. The first-order valence-corrected chi connectivity index (χ1v) is 7.33. The fourth-order valence-electron chi connectivity index (χ4n) is 2.83. The SMILES string of the molecule is CC(Cc1ccncc1)C(=O)N1CCc2cnccc2C1. The Balaban J connectivity index is 1.66. The minimum Gasteiger partial charge on any atom is -0.338 e. The molecule has 1 amide bonds. The van der Waals surface area contributed by atoms with E-state index in [1.807, 2.05) is 36.2 Å². The normalized spacial score (nSPS) is 15.4. The van der Waals surface area contributed by atoms with Crippen molar-refractivity contribution < 1.29 is 4.79 Å². The summed E-state index contributed by atoms with van der Waals surface area (Å²) in [5.41, 5.74) is 3.65. The molecule has 2 aromatic rings. The van der Waals surface area contributed by atoms with Crippen molar-refractivity contribution in [3.63, 3.8) is 0 Å². The fraction of sp³-hybridized carbons (Fsp3) is 0.353. The number of hydrogen-bond donors (Lipinski definition) is 0. The Morgan fingerprint density at radius 3 is 2.76 bits per heavy atom. The molecule has 3 heterocycles. The number of carbonyl (C=O) groups is 1. The summed E-state index contributed by atoms with van der Waals surface area (Å²) in [6.07, 6.45) is 8.93. The smallest absolute Gasteiger partial charge is 0.226 e. The van der Waals surface area contributed by atoms with Crippen molar-refractivity contribution in [2.24, 2.45) is 5.92 Å². The van der Waals surface area contributed by atoms with Crippen LogP contribution in [0.4, 0.5) is 0 Å². The van der Waals surface area contributed by atoms with Crippen molar-refractivity contribution in [3.05, 3.63) is 59.7 Å². The van der Waals surface area contributed by atoms with Gasteiger partial charge >= 0.3 is 0 Å². The van der Waals surface area contributed by atoms with Gasteiger partial charge in [-0.2, -0.15) is 0 Å². The number of fused-ring (bicyclic) bond motifs is 1. The van der Waals surface area contributed by atoms with Gasteiger partial charge in [-0.1, -0.05) is 6.92 Å². The van der Waals surface area contributed by atoms with Crippen molar-refractivity contribution in [3.8, 4) is 0 Å². The molecule has 4 nitrogen and oxygen atoms in total. The van der Waals surface area contributed by atoms with E-state index in [2.05, 4.69) is 9.97 Å². The average Bonchev–Trinajstić information content (AvgIpc) is 2.54. The van der Waals surface area contributed by atoms with Crippen LogP contribution in [-0.2, 0) is 24.2 Å². The molecule has 0 aliphatic carbocycles. The van der Waals surface area contributed by atoms with Gasteiger partial charge in [-0.05, 0) is 47.7 Å². The molecule has 1 unspecified atom stereocenters. The summed E-state index contributed by atoms with van der Waals surface area (Å²) in [4.78, 5) is 22.7. The Bertz CT molecular complexity index is 627. The first-order valence-electron chi connectivity index (χ1n) is 7.33. The quantitative estimate of drug-likeness (QED) is 0.867. The number of nitrogens with zero attached hydrogens (tertiary/aromatic N) is 3. The van der Waals surface area contributed by atoms with Crippen LogP contribution in [-0.4, -0.2) is 27.3 Å². The monoisotopic (exact) mass is 281 g/mol. The third kappa shape index (κ3) is 3.10. The van der Waals surface area contributed by atoms with Crippen LogP contribution >= 0.6 is 0 Å². The molecule has 1 aliphatic rings. The first kappa shape index (κ1) is 13.7. The Hall–Kier alpha value is -2.23. The molecule has 1 atom stereocenters. The highest BCUT2D eigenvalue weighted by Crippen LogP contribution is 2.20. The second-order valence-electron chi connectivity index (χ2n) is 5.61. The maximum absolute atomic E-state index is 12.6. The van der Waals surface area contributed by atoms with E-state index in [1.54, 1.807) is 18.6 Å². The standard InChI is InChI=1S/C17H19N3O/c1-13(10-14-2-6-18-7-3-14)17(21)20-9-5-15-11-19-8-4-16(15)12-20/h2-4,6-8,11,13H,5,9-10,12H2,1H3. The van der Waals surface area contributed by atoms with Crippen molar-refractivity contribution in [1.29, 1.82) is 0 Å². The molecule has 0 spiro atoms. The minimum absolute atomic E-state index is 0.00390. The van der Waals surface area contributed by atoms with Gasteiger partial charge in [0.1, 0.15) is 0 Å². The van der Waals surface area contributed by atoms with E-state index in [-0.39, 0.29) is 11.8 Å². The van der Waals surface area contributed by atoms with Crippen molar-refractivity contribution in [1.82, 2.24) is 14.9 Å². The van der Waals surface area contributed by atoms with Crippen LogP contribution in [0.1, 0.15) is 23.6 Å². The molecule has 3 rings (SSSR count). The predicted octanol–water partition coefficient (Wildman–Crippen LogP) is 2.24. The van der Waals surface area contributed by atoms with Gasteiger partial charge < -0.3 is 4.90 Å². The summed E-state index contributed by atoms with van der Waals surface area (Å²) >= 11 is 0. The average molecular weight is 281 g/mol. The molecule has 0 bridgehead atoms. The number of pyridine rings is 2. The van der Waals surface area contributed by atoms with E-state index in [0.29, 0.717) is 6.54 Å². The molecule has 1 aliphatic heterocycles. The van der Waals surface area contributed by atoms with Gasteiger partial charge in [0, 0.05) is 43.8 Å². The summed E-state index contributed by atoms with van der Waals surface area (Å²) in [7, 11) is 0. The van der Waals surface area contributed by atoms with E-state index in [4.69, 9.17) is 0 Å². The Morgan fingerprint density at radius 1 is 1.19 bits per heavy atom. The van der Waals surface area contributed by atoms with Gasteiger partial charge in [0.2, 0.25) is 5.91 Å². The zero-order valence-corrected chi connectivity index (χ0v) is 12.2.